The van der Waals surface area contributed by atoms with Crippen LogP contribution in [-0.2, 0) is 7.05 Å². The fourth-order valence-corrected chi connectivity index (χ4v) is 2.13. The van der Waals surface area contributed by atoms with Crippen molar-refractivity contribution in [3.05, 3.63) is 51.8 Å². The zero-order chi connectivity index (χ0) is 12.6. The summed E-state index contributed by atoms with van der Waals surface area (Å²) in [6, 6.07) is 3.29. The van der Waals surface area contributed by atoms with Crippen LogP contribution in [0, 0.1) is 11.6 Å². The Labute approximate surface area is 105 Å². The van der Waals surface area contributed by atoms with E-state index in [0.29, 0.717) is 10.2 Å². The van der Waals surface area contributed by atoms with E-state index in [4.69, 9.17) is 0 Å². The summed E-state index contributed by atoms with van der Waals surface area (Å²) in [6.07, 6.45) is 0.463. The monoisotopic (exact) mass is 302 g/mol. The van der Waals surface area contributed by atoms with Crippen molar-refractivity contribution in [3.8, 4) is 0 Å². The molecule has 3 nitrogen and oxygen atoms in total. The zero-order valence-electron chi connectivity index (χ0n) is 8.86. The number of aliphatic hydroxyl groups excluding tert-OH is 1. The van der Waals surface area contributed by atoms with Crippen LogP contribution in [-0.4, -0.2) is 14.9 Å². The first kappa shape index (κ1) is 12.2. The summed E-state index contributed by atoms with van der Waals surface area (Å²) in [5.41, 5.74) is 0.754. The van der Waals surface area contributed by atoms with Gasteiger partial charge in [-0.3, -0.25) is 4.68 Å². The van der Waals surface area contributed by atoms with Crippen LogP contribution >= 0.6 is 15.9 Å². The summed E-state index contributed by atoms with van der Waals surface area (Å²) in [5.74, 6) is -1.93. The maximum Gasteiger partial charge on any atom is 0.159 e. The molecule has 0 saturated carbocycles. The predicted molar refractivity (Wildman–Crippen MR) is 61.3 cm³/mol. The van der Waals surface area contributed by atoms with E-state index in [2.05, 4.69) is 21.0 Å². The van der Waals surface area contributed by atoms with E-state index in [1.165, 1.54) is 16.9 Å². The third kappa shape index (κ3) is 2.23. The highest BCUT2D eigenvalue weighted by Gasteiger charge is 2.19. The maximum absolute atomic E-state index is 13.1. The molecule has 0 aliphatic rings. The normalized spacial score (nSPS) is 12.8. The minimum absolute atomic E-state index is 0.271. The minimum Gasteiger partial charge on any atom is -0.382 e. The van der Waals surface area contributed by atoms with Gasteiger partial charge in [-0.15, -0.1) is 0 Å². The average molecular weight is 303 g/mol. The number of aryl methyl sites for hydroxylation is 1. The highest BCUT2D eigenvalue weighted by molar-refractivity contribution is 9.10. The van der Waals surface area contributed by atoms with E-state index in [9.17, 15) is 13.9 Å². The molecule has 1 aromatic heterocycles. The number of benzene rings is 1. The van der Waals surface area contributed by atoms with Crippen molar-refractivity contribution in [2.45, 2.75) is 6.10 Å². The topological polar surface area (TPSA) is 38.0 Å². The number of aliphatic hydroxyl groups is 1. The van der Waals surface area contributed by atoms with Gasteiger partial charge in [0.15, 0.2) is 11.6 Å². The molecule has 1 N–H and O–H groups in total. The summed E-state index contributed by atoms with van der Waals surface area (Å²) >= 11 is 3.24. The molecule has 0 spiro atoms. The highest BCUT2D eigenvalue weighted by Crippen LogP contribution is 2.28. The van der Waals surface area contributed by atoms with Crippen molar-refractivity contribution < 1.29 is 13.9 Å². The number of aromatic nitrogens is 2. The Kier molecular flexibility index (Phi) is 3.26. The first-order chi connectivity index (χ1) is 8.00. The Bertz CT molecular complexity index is 537. The van der Waals surface area contributed by atoms with Crippen LogP contribution in [0.15, 0.2) is 28.9 Å². The molecule has 0 saturated heterocycles. The lowest BCUT2D eigenvalue weighted by atomic mass is 10.1. The first-order valence-electron chi connectivity index (χ1n) is 4.81. The maximum atomic E-state index is 13.1. The molecule has 0 fully saturated rings. The van der Waals surface area contributed by atoms with E-state index in [1.807, 2.05) is 0 Å². The molecule has 0 aliphatic heterocycles. The van der Waals surface area contributed by atoms with Gasteiger partial charge in [0, 0.05) is 7.05 Å². The summed E-state index contributed by atoms with van der Waals surface area (Å²) in [7, 11) is 1.66. The van der Waals surface area contributed by atoms with Crippen molar-refractivity contribution in [3.63, 3.8) is 0 Å². The van der Waals surface area contributed by atoms with Gasteiger partial charge in [-0.25, -0.2) is 8.78 Å². The molecule has 0 radical (unpaired) electrons. The number of rotatable bonds is 2. The van der Waals surface area contributed by atoms with Crippen molar-refractivity contribution in [2.24, 2.45) is 7.05 Å². The second kappa shape index (κ2) is 4.54. The highest BCUT2D eigenvalue weighted by atomic mass is 79.9. The smallest absolute Gasteiger partial charge is 0.159 e. The SMILES string of the molecule is Cn1ncc(Br)c1C(O)c1ccc(F)c(F)c1. The van der Waals surface area contributed by atoms with E-state index in [0.717, 1.165) is 12.1 Å². The van der Waals surface area contributed by atoms with Crippen LogP contribution in [0.5, 0.6) is 0 Å². The van der Waals surface area contributed by atoms with Gasteiger partial charge >= 0.3 is 0 Å². The van der Waals surface area contributed by atoms with Crippen molar-refractivity contribution in [1.29, 1.82) is 0 Å². The molecule has 0 aliphatic carbocycles. The molecule has 2 rings (SSSR count). The molecule has 1 unspecified atom stereocenters. The van der Waals surface area contributed by atoms with Gasteiger partial charge in [-0.2, -0.15) is 5.10 Å². The summed E-state index contributed by atoms with van der Waals surface area (Å²) in [4.78, 5) is 0. The fraction of sp³-hybridized carbons (Fsp3) is 0.182. The van der Waals surface area contributed by atoms with Crippen LogP contribution < -0.4 is 0 Å². The van der Waals surface area contributed by atoms with E-state index in [-0.39, 0.29) is 5.56 Å². The molecule has 1 aromatic carbocycles. The Hall–Kier alpha value is -1.27. The van der Waals surface area contributed by atoms with Crippen LogP contribution in [0.3, 0.4) is 0 Å². The summed E-state index contributed by atoms with van der Waals surface area (Å²) < 4.78 is 27.9. The first-order valence-corrected chi connectivity index (χ1v) is 5.60. The van der Waals surface area contributed by atoms with Crippen LogP contribution in [0.25, 0.3) is 0 Å². The standard InChI is InChI=1S/C11H9BrF2N2O/c1-16-10(7(12)5-15-16)11(17)6-2-3-8(13)9(14)4-6/h2-5,11,17H,1H3. The van der Waals surface area contributed by atoms with Crippen molar-refractivity contribution in [1.82, 2.24) is 9.78 Å². The molecule has 2 aromatic rings. The van der Waals surface area contributed by atoms with Crippen LogP contribution in [0.1, 0.15) is 17.4 Å². The lowest BCUT2D eigenvalue weighted by Gasteiger charge is -2.12. The van der Waals surface area contributed by atoms with E-state index < -0.39 is 17.7 Å². The molecule has 1 atom stereocenters. The molecular formula is C11H9BrF2N2O. The predicted octanol–water partition coefficient (Wildman–Crippen LogP) is 2.54. The van der Waals surface area contributed by atoms with Gasteiger partial charge in [-0.1, -0.05) is 6.07 Å². The van der Waals surface area contributed by atoms with Gasteiger partial charge in [-0.05, 0) is 33.6 Å². The zero-order valence-corrected chi connectivity index (χ0v) is 10.4. The molecule has 0 bridgehead atoms. The quantitative estimate of drug-likeness (QED) is 0.926. The van der Waals surface area contributed by atoms with Gasteiger partial charge in [0.25, 0.3) is 0 Å². The van der Waals surface area contributed by atoms with Crippen molar-refractivity contribution >= 4 is 15.9 Å². The molecule has 17 heavy (non-hydrogen) atoms. The van der Waals surface area contributed by atoms with Crippen LogP contribution in [0.2, 0.25) is 0 Å². The third-order valence-electron chi connectivity index (χ3n) is 2.46. The number of halogens is 3. The van der Waals surface area contributed by atoms with Crippen LogP contribution in [0.4, 0.5) is 8.78 Å². The number of nitrogens with zero attached hydrogens (tertiary/aromatic N) is 2. The lowest BCUT2D eigenvalue weighted by molar-refractivity contribution is 0.208. The summed E-state index contributed by atoms with van der Waals surface area (Å²) in [6.45, 7) is 0. The number of hydrogen-bond donors (Lipinski definition) is 1. The van der Waals surface area contributed by atoms with Gasteiger partial charge in [0.05, 0.1) is 16.4 Å². The molecule has 0 amide bonds. The molecule has 6 heteroatoms. The Morgan fingerprint density at radius 3 is 2.59 bits per heavy atom. The number of hydrogen-bond acceptors (Lipinski definition) is 2. The fourth-order valence-electron chi connectivity index (χ4n) is 1.57. The largest absolute Gasteiger partial charge is 0.382 e. The minimum atomic E-state index is -1.06. The Morgan fingerprint density at radius 2 is 2.06 bits per heavy atom. The average Bonchev–Trinajstić information content (AvgIpc) is 2.62. The molecule has 1 heterocycles. The molecule has 90 valence electrons. The Morgan fingerprint density at radius 1 is 1.35 bits per heavy atom. The van der Waals surface area contributed by atoms with E-state index in [1.54, 1.807) is 7.05 Å². The van der Waals surface area contributed by atoms with Gasteiger partial charge < -0.3 is 5.11 Å². The van der Waals surface area contributed by atoms with Gasteiger partial charge in [0.2, 0.25) is 0 Å². The third-order valence-corrected chi connectivity index (χ3v) is 3.07. The van der Waals surface area contributed by atoms with Gasteiger partial charge in [0.1, 0.15) is 6.10 Å². The second-order valence-electron chi connectivity index (χ2n) is 3.58. The lowest BCUT2D eigenvalue weighted by Crippen LogP contribution is -2.08. The van der Waals surface area contributed by atoms with E-state index >= 15 is 0 Å². The summed E-state index contributed by atoms with van der Waals surface area (Å²) in [5, 5.41) is 14.0. The molecular weight excluding hydrogens is 294 g/mol. The Balaban J connectivity index is 2.43. The second-order valence-corrected chi connectivity index (χ2v) is 4.43. The van der Waals surface area contributed by atoms with Crippen molar-refractivity contribution in [2.75, 3.05) is 0 Å².